The van der Waals surface area contributed by atoms with Crippen molar-refractivity contribution in [1.29, 1.82) is 0 Å². The van der Waals surface area contributed by atoms with Crippen LogP contribution in [-0.2, 0) is 107 Å². The molecule has 5 aromatic rings. The van der Waals surface area contributed by atoms with Crippen molar-refractivity contribution in [3.63, 3.8) is 0 Å². The Morgan fingerprint density at radius 2 is 1.41 bits per heavy atom. The number of carbonyl (C=O) groups excluding carboxylic acids is 7. The quantitative estimate of drug-likeness (QED) is 0.0167. The number of benzene rings is 2. The average molecular weight is 1540 g/mol. The molecule has 1 aliphatic carbocycles. The van der Waals surface area contributed by atoms with Crippen molar-refractivity contribution in [2.45, 2.75) is 95.6 Å². The van der Waals surface area contributed by atoms with Crippen LogP contribution < -0.4 is 31.6 Å². The lowest BCUT2D eigenvalue weighted by molar-refractivity contribution is -0.141. The predicted molar refractivity (Wildman–Crippen MR) is 375 cm³/mol. The molecule has 107 heavy (non-hydrogen) atoms. The molecule has 9 rings (SSSR count). The number of aliphatic hydroxyl groups excluding tert-OH is 1. The molecule has 38 nitrogen and oxygen atoms in total. The van der Waals surface area contributed by atoms with Gasteiger partial charge in [0.1, 0.15) is 56.0 Å². The number of aromatic amines is 1. The number of ether oxygens (including phenoxy) is 11. The summed E-state index contributed by atoms with van der Waals surface area (Å²) in [5.41, 5.74) is 0.0394. The second kappa shape index (κ2) is 43.1. The Morgan fingerprint density at radius 1 is 0.766 bits per heavy atom. The molecular weight excluding hydrogens is 1450 g/mol. The summed E-state index contributed by atoms with van der Waals surface area (Å²) < 4.78 is 100. The Labute approximate surface area is 616 Å². The molecule has 7 N–H and O–H groups in total. The molecule has 40 heteroatoms. The smallest absolute Gasteiger partial charge is 0.410 e. The molecule has 2 aromatic carbocycles. The van der Waals surface area contributed by atoms with Gasteiger partial charge in [0, 0.05) is 68.2 Å². The van der Waals surface area contributed by atoms with Crippen molar-refractivity contribution >= 4 is 81.2 Å². The Balaban J connectivity index is 0.792. The van der Waals surface area contributed by atoms with E-state index in [1.807, 2.05) is 0 Å². The van der Waals surface area contributed by atoms with Crippen LogP contribution in [0.1, 0.15) is 61.3 Å². The fourth-order valence-electron chi connectivity index (χ4n) is 11.2. The van der Waals surface area contributed by atoms with Crippen molar-refractivity contribution in [3.05, 3.63) is 113 Å². The maximum atomic E-state index is 14.4. The second-order valence-corrected chi connectivity index (χ2v) is 26.8. The number of imidazole rings is 1. The third-order valence-electron chi connectivity index (χ3n) is 16.8. The van der Waals surface area contributed by atoms with E-state index in [1.165, 1.54) is 41.3 Å². The fourth-order valence-corrected chi connectivity index (χ4v) is 12.9. The molecule has 1 saturated carbocycles. The minimum Gasteiger partial charge on any atom is -0.474 e. The monoisotopic (exact) mass is 1540 g/mol. The first kappa shape index (κ1) is 82.8. The highest BCUT2D eigenvalue weighted by molar-refractivity contribution is 7.40. The van der Waals surface area contributed by atoms with Crippen LogP contribution >= 0.6 is 16.9 Å². The van der Waals surface area contributed by atoms with Crippen LogP contribution in [0.3, 0.4) is 0 Å². The standard InChI is InChI=1S/C67H90N12O26P2/c1-42(2)56(73-52(80)36-78-54(81)13-14-55(78)82)63(86)71-43(3)61(84)72-47-11-9-44(10-12-47)37-99-67(88)77(17-18-92-21-22-94-25-26-96-29-30-98-32-31-97-28-27-95-24-23-93-20-19-91-4)35-45-7-5-6-8-49(45)62(85)75-66-74-60-57(64(87)76-66)70-41-79(60)65-59-58(83)51(103-65)39-101-106(89)104-50-34-48(102-53-15-16-68-40-69-53)33-46(50)38-100-107(90)105-59/h5-16,40-43,46,48,50-51,56,58-59,65,83,89,107H,17-39H2,1-4H3,(H,71,86)(H,72,84)(H,73,80)(H2,74,75,76,85,87)/t43-,46+,48+,50-,51+,56-,58+,59+,65+,106?/m0/s1. The molecule has 3 fully saturated rings. The Kier molecular flexibility index (Phi) is 33.3. The number of nitrogens with zero attached hydrogens (tertiary/aromatic N) is 7. The highest BCUT2D eigenvalue weighted by Gasteiger charge is 2.49. The number of fused-ring (bicyclic) bond motifs is 4. The van der Waals surface area contributed by atoms with Gasteiger partial charge in [0.25, 0.3) is 23.3 Å². The molecule has 4 aliphatic rings. The molecule has 2 bridgehead atoms. The Hall–Kier alpha value is -8.24. The summed E-state index contributed by atoms with van der Waals surface area (Å²) in [4.78, 5) is 138. The van der Waals surface area contributed by atoms with Crippen LogP contribution in [-0.4, -0.2) is 266 Å². The number of hydrogen-bond acceptors (Lipinski definition) is 30. The maximum absolute atomic E-state index is 14.4. The fraction of sp³-hybridized carbons (Fsp3) is 0.552. The minimum absolute atomic E-state index is 0.00629. The first-order chi connectivity index (χ1) is 51.8. The van der Waals surface area contributed by atoms with Crippen molar-refractivity contribution in [2.24, 2.45) is 11.8 Å². The van der Waals surface area contributed by atoms with Gasteiger partial charge in [-0.05, 0) is 48.6 Å². The van der Waals surface area contributed by atoms with Gasteiger partial charge in [-0.15, -0.1) is 0 Å². The number of H-pyrrole nitrogens is 1. The summed E-state index contributed by atoms with van der Waals surface area (Å²) in [5.74, 6) is -5.03. The number of aromatic nitrogens is 6. The molecule has 0 radical (unpaired) electrons. The van der Waals surface area contributed by atoms with Gasteiger partial charge in [-0.1, -0.05) is 44.2 Å². The summed E-state index contributed by atoms with van der Waals surface area (Å²) in [7, 11) is -4.36. The number of nitrogens with one attached hydrogen (secondary N) is 5. The highest BCUT2D eigenvalue weighted by atomic mass is 31.2. The van der Waals surface area contributed by atoms with E-state index in [9.17, 15) is 52.9 Å². The maximum Gasteiger partial charge on any atom is 0.410 e. The lowest BCUT2D eigenvalue weighted by atomic mass is 10.0. The normalized spacial score (nSPS) is 21.4. The molecule has 0 spiro atoms. The van der Waals surface area contributed by atoms with Gasteiger partial charge in [0.2, 0.25) is 29.5 Å². The largest absolute Gasteiger partial charge is 0.474 e. The molecular formula is C67H90N12O26P2. The van der Waals surface area contributed by atoms with Gasteiger partial charge in [-0.25, -0.2) is 19.7 Å². The van der Waals surface area contributed by atoms with Crippen LogP contribution in [0.25, 0.3) is 11.2 Å². The minimum atomic E-state index is -3.42. The van der Waals surface area contributed by atoms with Crippen molar-refractivity contribution < 1.29 is 118 Å². The molecule has 3 aromatic heterocycles. The number of imide groups is 1. The third kappa shape index (κ3) is 25.7. The lowest BCUT2D eigenvalue weighted by Gasteiger charge is -2.24. The molecule has 3 aliphatic heterocycles. The zero-order valence-corrected chi connectivity index (χ0v) is 61.3. The SMILES string of the molecule is COCCOCCOCCOCCOCCOCCOCCOCCN(Cc1ccccc1C(=O)Nc1nc2c(ncn2[C@@H]2O[C@@H]3COP(O)O[C@H]4C[C@H](Oc5ccncn5)C[C@@H]4CO[PH](=O)O[C@@H]2[C@@H]3O)c(=O)[nH]1)C(=O)OCc1ccc(NC(=O)[C@H](C)NC(=O)[C@@H](NC(=O)CN2C(=O)C=CC2=O)C(C)C)cc1. The zero-order chi connectivity index (χ0) is 76.0. The van der Waals surface area contributed by atoms with E-state index in [-0.39, 0.29) is 75.4 Å². The number of carbonyl (C=O) groups is 7. The van der Waals surface area contributed by atoms with Crippen LogP contribution in [0.2, 0.25) is 0 Å². The predicted octanol–water partition coefficient (Wildman–Crippen LogP) is 2.11. The number of aliphatic hydroxyl groups is 1. The number of anilines is 2. The first-order valence-electron chi connectivity index (χ1n) is 34.5. The summed E-state index contributed by atoms with van der Waals surface area (Å²) in [5, 5.41) is 22.0. The van der Waals surface area contributed by atoms with Crippen molar-refractivity contribution in [1.82, 2.24) is 49.9 Å². The number of rotatable bonds is 41. The summed E-state index contributed by atoms with van der Waals surface area (Å²) in [6, 6.07) is 12.0. The van der Waals surface area contributed by atoms with E-state index >= 15 is 0 Å². The first-order valence-corrected chi connectivity index (χ1v) is 36.9. The summed E-state index contributed by atoms with van der Waals surface area (Å²) in [6.45, 7) is 8.34. The van der Waals surface area contributed by atoms with Crippen molar-refractivity contribution in [2.75, 3.05) is 143 Å². The molecule has 584 valence electrons. The van der Waals surface area contributed by atoms with Crippen LogP contribution in [0.5, 0.6) is 5.88 Å². The van der Waals surface area contributed by atoms with E-state index < -0.39 is 138 Å². The number of hydrogen-bond donors (Lipinski definition) is 7. The topological polar surface area (TPSA) is 459 Å². The zero-order valence-electron chi connectivity index (χ0n) is 59.4. The number of amides is 7. The molecule has 2 unspecified atom stereocenters. The van der Waals surface area contributed by atoms with Crippen LogP contribution in [0.15, 0.2) is 90.4 Å². The second-order valence-electron chi connectivity index (χ2n) is 24.8. The number of methoxy groups -OCH3 is 1. The van der Waals surface area contributed by atoms with Gasteiger partial charge in [-0.2, -0.15) is 4.98 Å². The Bertz CT molecular complexity index is 3810. The van der Waals surface area contributed by atoms with Crippen molar-refractivity contribution in [3.8, 4) is 5.88 Å². The van der Waals surface area contributed by atoms with Gasteiger partial charge in [0.15, 0.2) is 17.4 Å². The lowest BCUT2D eigenvalue weighted by Crippen LogP contribution is -2.55. The summed E-state index contributed by atoms with van der Waals surface area (Å²) >= 11 is 0. The van der Waals surface area contributed by atoms with Gasteiger partial charge in [-0.3, -0.25) is 62.4 Å². The van der Waals surface area contributed by atoms with E-state index in [1.54, 1.807) is 69.5 Å². The van der Waals surface area contributed by atoms with Gasteiger partial charge >= 0.3 is 23.0 Å². The summed E-state index contributed by atoms with van der Waals surface area (Å²) in [6.07, 6.45) is -0.675. The van der Waals surface area contributed by atoms with Crippen LogP contribution in [0.4, 0.5) is 16.4 Å². The average Bonchev–Trinajstić information content (AvgIpc) is 1.61. The van der Waals surface area contributed by atoms with E-state index in [2.05, 4.69) is 46.2 Å². The van der Waals surface area contributed by atoms with Crippen LogP contribution in [0, 0.1) is 11.8 Å². The van der Waals surface area contributed by atoms with E-state index in [4.69, 9.17) is 70.2 Å². The molecule has 6 heterocycles. The van der Waals surface area contributed by atoms with Gasteiger partial charge < -0.3 is 96.5 Å². The highest BCUT2D eigenvalue weighted by Crippen LogP contribution is 2.47. The molecule has 7 amide bonds. The molecule has 11 atom stereocenters. The van der Waals surface area contributed by atoms with Gasteiger partial charge in [0.05, 0.1) is 125 Å². The Morgan fingerprint density at radius 3 is 2.05 bits per heavy atom. The third-order valence-corrected chi connectivity index (χ3v) is 18.4. The molecule has 2 saturated heterocycles. The van der Waals surface area contributed by atoms with E-state index in [0.717, 1.165) is 17.1 Å². The van der Waals surface area contributed by atoms with E-state index in [0.29, 0.717) is 108 Å².